The predicted molar refractivity (Wildman–Crippen MR) is 95.8 cm³/mol. The number of nitrogens with one attached hydrogen (secondary N) is 1. The van der Waals surface area contributed by atoms with Gasteiger partial charge in [-0.15, -0.1) is 0 Å². The van der Waals surface area contributed by atoms with Crippen molar-refractivity contribution in [3.8, 4) is 5.75 Å². The Labute approximate surface area is 145 Å². The van der Waals surface area contributed by atoms with Gasteiger partial charge in [0.05, 0.1) is 11.9 Å². The van der Waals surface area contributed by atoms with Crippen LogP contribution < -0.4 is 10.3 Å². The number of phenols is 1. The van der Waals surface area contributed by atoms with E-state index in [0.29, 0.717) is 16.8 Å². The van der Waals surface area contributed by atoms with Crippen LogP contribution in [0.5, 0.6) is 5.75 Å². The van der Waals surface area contributed by atoms with Crippen molar-refractivity contribution in [2.75, 3.05) is 18.0 Å². The molecule has 5 nitrogen and oxygen atoms in total. The number of nitrogens with zero attached hydrogens (tertiary/aromatic N) is 2. The average Bonchev–Trinajstić information content (AvgIpc) is 3.11. The molecule has 0 saturated carbocycles. The largest absolute Gasteiger partial charge is 0.508 e. The fourth-order valence-electron chi connectivity index (χ4n) is 2.89. The number of anilines is 1. The third-order valence-electron chi connectivity index (χ3n) is 4.26. The van der Waals surface area contributed by atoms with Gasteiger partial charge in [0.1, 0.15) is 11.6 Å². The summed E-state index contributed by atoms with van der Waals surface area (Å²) in [7, 11) is 0. The number of benzene rings is 2. The van der Waals surface area contributed by atoms with Gasteiger partial charge in [-0.2, -0.15) is 5.10 Å². The molecule has 0 bridgehead atoms. The summed E-state index contributed by atoms with van der Waals surface area (Å²) in [6.07, 6.45) is 3.60. The normalized spacial score (nSPS) is 14.2. The second-order valence-corrected chi connectivity index (χ2v) is 6.10. The molecular weight excluding hydrogens is 321 g/mol. The molecule has 0 aromatic heterocycles. The van der Waals surface area contributed by atoms with Crippen molar-refractivity contribution in [3.63, 3.8) is 0 Å². The van der Waals surface area contributed by atoms with Gasteiger partial charge in [-0.25, -0.2) is 9.82 Å². The molecule has 2 aromatic rings. The van der Waals surface area contributed by atoms with Gasteiger partial charge in [-0.05, 0) is 55.7 Å². The number of aromatic hydroxyl groups is 1. The maximum atomic E-state index is 14.4. The third kappa shape index (κ3) is 3.96. The monoisotopic (exact) mass is 341 g/mol. The number of halogens is 1. The minimum absolute atomic E-state index is 0.00652. The molecule has 0 spiro atoms. The number of carbonyl (C=O) groups excluding carboxylic acids is 1. The lowest BCUT2D eigenvalue weighted by atomic mass is 10.1. The highest BCUT2D eigenvalue weighted by Gasteiger charge is 2.17. The molecule has 1 fully saturated rings. The molecule has 3 rings (SSSR count). The van der Waals surface area contributed by atoms with Crippen LogP contribution in [0, 0.1) is 12.7 Å². The van der Waals surface area contributed by atoms with Crippen LogP contribution in [0.15, 0.2) is 41.5 Å². The summed E-state index contributed by atoms with van der Waals surface area (Å²) in [5.41, 5.74) is 4.79. The van der Waals surface area contributed by atoms with E-state index < -0.39 is 5.91 Å². The summed E-state index contributed by atoms with van der Waals surface area (Å²) < 4.78 is 14.4. The smallest absolute Gasteiger partial charge is 0.271 e. The van der Waals surface area contributed by atoms with Crippen LogP contribution in [0.25, 0.3) is 0 Å². The fraction of sp³-hybridized carbons (Fsp3) is 0.263. The summed E-state index contributed by atoms with van der Waals surface area (Å²) in [6, 6.07) is 9.23. The fourth-order valence-corrected chi connectivity index (χ4v) is 2.89. The Bertz CT molecular complexity index is 814. The molecule has 130 valence electrons. The highest BCUT2D eigenvalue weighted by Crippen LogP contribution is 2.26. The van der Waals surface area contributed by atoms with Gasteiger partial charge in [0.25, 0.3) is 5.91 Å². The van der Waals surface area contributed by atoms with Crippen molar-refractivity contribution in [2.45, 2.75) is 19.8 Å². The van der Waals surface area contributed by atoms with E-state index in [4.69, 9.17) is 0 Å². The summed E-state index contributed by atoms with van der Waals surface area (Å²) in [6.45, 7) is 3.64. The molecular formula is C19H20FN3O2. The molecule has 0 radical (unpaired) electrons. The van der Waals surface area contributed by atoms with Gasteiger partial charge >= 0.3 is 0 Å². The SMILES string of the molecule is Cc1cc(N2CCCC2)c(F)cc1/C=N/NC(=O)c1cccc(O)c1. The van der Waals surface area contributed by atoms with Crippen molar-refractivity contribution in [3.05, 3.63) is 58.9 Å². The standard InChI is InChI=1S/C19H20FN3O2/c1-13-9-18(23-7-2-3-8-23)17(20)11-15(13)12-21-22-19(25)14-5-4-6-16(24)10-14/h4-6,9-12,24H,2-3,7-8H2,1H3,(H,22,25)/b21-12+. The van der Waals surface area contributed by atoms with Gasteiger partial charge in [0.15, 0.2) is 0 Å². The molecule has 0 unspecified atom stereocenters. The quantitative estimate of drug-likeness (QED) is 0.663. The molecule has 1 heterocycles. The van der Waals surface area contributed by atoms with E-state index >= 15 is 0 Å². The van der Waals surface area contributed by atoms with Gasteiger partial charge < -0.3 is 10.0 Å². The van der Waals surface area contributed by atoms with Crippen LogP contribution in [0.3, 0.4) is 0 Å². The Morgan fingerprint density at radius 1 is 1.28 bits per heavy atom. The second kappa shape index (κ2) is 7.34. The Morgan fingerprint density at radius 3 is 2.76 bits per heavy atom. The number of rotatable bonds is 4. The van der Waals surface area contributed by atoms with E-state index in [2.05, 4.69) is 10.5 Å². The van der Waals surface area contributed by atoms with Crippen LogP contribution in [0.4, 0.5) is 10.1 Å². The van der Waals surface area contributed by atoms with E-state index in [9.17, 15) is 14.3 Å². The molecule has 25 heavy (non-hydrogen) atoms. The average molecular weight is 341 g/mol. The number of hydrazone groups is 1. The lowest BCUT2D eigenvalue weighted by Crippen LogP contribution is -2.19. The van der Waals surface area contributed by atoms with Crippen LogP contribution in [-0.4, -0.2) is 30.3 Å². The van der Waals surface area contributed by atoms with Crippen molar-refractivity contribution in [1.29, 1.82) is 0 Å². The lowest BCUT2D eigenvalue weighted by Gasteiger charge is -2.19. The zero-order valence-electron chi connectivity index (χ0n) is 14.0. The zero-order chi connectivity index (χ0) is 17.8. The van der Waals surface area contributed by atoms with Gasteiger partial charge in [-0.3, -0.25) is 4.79 Å². The minimum atomic E-state index is -0.445. The Morgan fingerprint density at radius 2 is 2.04 bits per heavy atom. The van der Waals surface area contributed by atoms with Crippen molar-refractivity contribution < 1.29 is 14.3 Å². The first kappa shape index (κ1) is 17.0. The van der Waals surface area contributed by atoms with E-state index in [1.807, 2.05) is 17.9 Å². The van der Waals surface area contributed by atoms with E-state index in [0.717, 1.165) is 31.5 Å². The molecule has 1 aliphatic heterocycles. The number of amides is 1. The molecule has 1 amide bonds. The molecule has 1 saturated heterocycles. The first-order valence-electron chi connectivity index (χ1n) is 8.22. The van der Waals surface area contributed by atoms with Gasteiger partial charge in [0, 0.05) is 24.2 Å². The maximum absolute atomic E-state index is 14.4. The number of aryl methyl sites for hydroxylation is 1. The van der Waals surface area contributed by atoms with Crippen LogP contribution in [0.2, 0.25) is 0 Å². The van der Waals surface area contributed by atoms with Crippen molar-refractivity contribution >= 4 is 17.8 Å². The van der Waals surface area contributed by atoms with Gasteiger partial charge in [-0.1, -0.05) is 6.07 Å². The van der Waals surface area contributed by atoms with E-state index in [1.165, 1.54) is 24.4 Å². The van der Waals surface area contributed by atoms with E-state index in [1.54, 1.807) is 12.1 Å². The highest BCUT2D eigenvalue weighted by molar-refractivity contribution is 5.95. The third-order valence-corrected chi connectivity index (χ3v) is 4.26. The Hall–Kier alpha value is -2.89. The first-order chi connectivity index (χ1) is 12.0. The Kier molecular flexibility index (Phi) is 4.97. The summed E-state index contributed by atoms with van der Waals surface area (Å²) in [5, 5.41) is 13.3. The highest BCUT2D eigenvalue weighted by atomic mass is 19.1. The number of hydrogen-bond donors (Lipinski definition) is 2. The molecule has 6 heteroatoms. The maximum Gasteiger partial charge on any atom is 0.271 e. The van der Waals surface area contributed by atoms with Crippen LogP contribution >= 0.6 is 0 Å². The summed E-state index contributed by atoms with van der Waals surface area (Å²) in [4.78, 5) is 14.0. The topological polar surface area (TPSA) is 64.9 Å². The predicted octanol–water partition coefficient (Wildman–Crippen LogP) is 3.20. The lowest BCUT2D eigenvalue weighted by molar-refractivity contribution is 0.0954. The molecule has 1 aliphatic rings. The number of phenolic OH excluding ortho intramolecular Hbond substituents is 1. The zero-order valence-corrected chi connectivity index (χ0v) is 14.0. The van der Waals surface area contributed by atoms with Crippen molar-refractivity contribution in [1.82, 2.24) is 5.43 Å². The summed E-state index contributed by atoms with van der Waals surface area (Å²) in [5.74, 6) is -0.723. The second-order valence-electron chi connectivity index (χ2n) is 6.10. The first-order valence-corrected chi connectivity index (χ1v) is 8.22. The van der Waals surface area contributed by atoms with Crippen LogP contribution in [0.1, 0.15) is 34.3 Å². The molecule has 2 N–H and O–H groups in total. The molecule has 2 aromatic carbocycles. The number of hydrogen-bond acceptors (Lipinski definition) is 4. The molecule has 0 atom stereocenters. The van der Waals surface area contributed by atoms with E-state index in [-0.39, 0.29) is 11.6 Å². The van der Waals surface area contributed by atoms with Gasteiger partial charge in [0.2, 0.25) is 0 Å². The van der Waals surface area contributed by atoms with Crippen molar-refractivity contribution in [2.24, 2.45) is 5.10 Å². The Balaban J connectivity index is 1.71. The number of carbonyl (C=O) groups is 1. The van der Waals surface area contributed by atoms with Crippen LogP contribution in [-0.2, 0) is 0 Å². The molecule has 0 aliphatic carbocycles. The minimum Gasteiger partial charge on any atom is -0.508 e. The summed E-state index contributed by atoms with van der Waals surface area (Å²) >= 11 is 0.